The number of hydrogen-bond donors (Lipinski definition) is 1. The summed E-state index contributed by atoms with van der Waals surface area (Å²) in [5, 5.41) is 9.14. The third-order valence-corrected chi connectivity index (χ3v) is 6.67. The normalized spacial score (nSPS) is 17.1. The molecule has 3 heteroatoms. The van der Waals surface area contributed by atoms with Crippen LogP contribution >= 0.6 is 0 Å². The largest absolute Gasteiger partial charge is 1.00 e. The van der Waals surface area contributed by atoms with Crippen LogP contribution in [-0.4, -0.2) is 11.1 Å². The van der Waals surface area contributed by atoms with E-state index in [1.807, 2.05) is 12.1 Å². The zero-order chi connectivity index (χ0) is 22.3. The van der Waals surface area contributed by atoms with Gasteiger partial charge in [0.15, 0.2) is 0 Å². The molecule has 0 heterocycles. The van der Waals surface area contributed by atoms with Crippen molar-refractivity contribution in [1.29, 1.82) is 0 Å². The van der Waals surface area contributed by atoms with E-state index >= 15 is 0 Å². The Morgan fingerprint density at radius 3 is 2.03 bits per heavy atom. The minimum Gasteiger partial charge on any atom is -1.00 e. The average molecular weight is 429 g/mol. The molecule has 2 nitrogen and oxygen atoms in total. The van der Waals surface area contributed by atoms with E-state index in [9.17, 15) is 4.79 Å². The summed E-state index contributed by atoms with van der Waals surface area (Å²) >= 11 is 0. The molecule has 0 atom stereocenters. The van der Waals surface area contributed by atoms with Crippen LogP contribution in [-0.2, 0) is 17.3 Å². The van der Waals surface area contributed by atoms with Gasteiger partial charge in [0.1, 0.15) is 0 Å². The molecule has 162 valence electrons. The molecule has 0 spiro atoms. The number of carboxylic acid groups (broad SMARTS) is 1. The number of carbonyl (C=O) groups is 1. The Morgan fingerprint density at radius 2 is 1.55 bits per heavy atom. The van der Waals surface area contributed by atoms with Crippen molar-refractivity contribution in [2.24, 2.45) is 5.92 Å². The van der Waals surface area contributed by atoms with Crippen molar-refractivity contribution < 1.29 is 40.9 Å². The Balaban J connectivity index is 0.00000256. The first-order valence-corrected chi connectivity index (χ1v) is 11.1. The molecule has 0 saturated carbocycles. The molecule has 1 aliphatic carbocycles. The summed E-state index contributed by atoms with van der Waals surface area (Å²) in [6.45, 7) is 16.2. The fraction of sp³-hybridized carbons (Fsp3) is 0.464. The van der Waals surface area contributed by atoms with Gasteiger partial charge in [0.2, 0.25) is 0 Å². The van der Waals surface area contributed by atoms with Crippen LogP contribution in [0.25, 0.3) is 11.6 Å². The van der Waals surface area contributed by atoms with E-state index in [2.05, 4.69) is 66.7 Å². The summed E-state index contributed by atoms with van der Waals surface area (Å²) in [5.41, 5.74) is 8.72. The molecule has 0 aromatic heterocycles. The molecule has 31 heavy (non-hydrogen) atoms. The third kappa shape index (κ3) is 5.72. The van der Waals surface area contributed by atoms with E-state index in [1.54, 1.807) is 12.1 Å². The molecule has 3 rings (SSSR count). The number of fused-ring (bicyclic) bond motifs is 1. The fourth-order valence-corrected chi connectivity index (χ4v) is 4.68. The van der Waals surface area contributed by atoms with Crippen molar-refractivity contribution in [3.63, 3.8) is 0 Å². The molecule has 0 bridgehead atoms. The maximum absolute atomic E-state index is 11.1. The van der Waals surface area contributed by atoms with E-state index in [0.717, 1.165) is 12.0 Å². The summed E-state index contributed by atoms with van der Waals surface area (Å²) in [5.74, 6) is -0.301. The van der Waals surface area contributed by atoms with Crippen LogP contribution in [0.15, 0.2) is 36.4 Å². The van der Waals surface area contributed by atoms with Crippen LogP contribution < -0.4 is 29.6 Å². The Morgan fingerprint density at radius 1 is 1.03 bits per heavy atom. The maximum atomic E-state index is 11.1. The Kier molecular flexibility index (Phi) is 8.06. The van der Waals surface area contributed by atoms with Gasteiger partial charge in [-0.05, 0) is 88.5 Å². The second-order valence-corrected chi connectivity index (χ2v) is 10.7. The zero-order valence-electron chi connectivity index (χ0n) is 21.6. The molecule has 0 unspecified atom stereocenters. The molecular formula is C28H37NaO2. The smallest absolute Gasteiger partial charge is 1.00 e. The Labute approximate surface area is 211 Å². The second-order valence-electron chi connectivity index (χ2n) is 10.7. The van der Waals surface area contributed by atoms with Gasteiger partial charge in [-0.2, -0.15) is 0 Å². The third-order valence-electron chi connectivity index (χ3n) is 6.67. The van der Waals surface area contributed by atoms with E-state index in [4.69, 9.17) is 5.11 Å². The van der Waals surface area contributed by atoms with E-state index in [0.29, 0.717) is 11.5 Å². The molecule has 0 aliphatic heterocycles. The number of benzene rings is 2. The summed E-state index contributed by atoms with van der Waals surface area (Å²) < 4.78 is 0. The average Bonchev–Trinajstić information content (AvgIpc) is 2.65. The van der Waals surface area contributed by atoms with Gasteiger partial charge >= 0.3 is 35.5 Å². The fourth-order valence-electron chi connectivity index (χ4n) is 4.68. The van der Waals surface area contributed by atoms with Crippen molar-refractivity contribution in [2.75, 3.05) is 0 Å². The Hall–Kier alpha value is -1.35. The van der Waals surface area contributed by atoms with Crippen molar-refractivity contribution >= 4 is 17.6 Å². The zero-order valence-corrected chi connectivity index (χ0v) is 22.6. The first kappa shape index (κ1) is 25.9. The number of aromatic carboxylic acids is 1. The number of hydrogen-bond acceptors (Lipinski definition) is 1. The predicted octanol–water partition coefficient (Wildman–Crippen LogP) is 4.61. The topological polar surface area (TPSA) is 37.3 Å². The van der Waals surface area contributed by atoms with Crippen LogP contribution in [0.4, 0.5) is 0 Å². The van der Waals surface area contributed by atoms with Crippen LogP contribution in [0, 0.1) is 5.92 Å². The van der Waals surface area contributed by atoms with Gasteiger partial charge in [0, 0.05) is 0 Å². The summed E-state index contributed by atoms with van der Waals surface area (Å²) in [6, 6.07) is 12.1. The second kappa shape index (κ2) is 9.65. The quantitative estimate of drug-likeness (QED) is 0.558. The summed E-state index contributed by atoms with van der Waals surface area (Å²) in [7, 11) is 0. The number of carboxylic acids is 1. The minimum atomic E-state index is -0.888. The molecule has 2 aromatic carbocycles. The van der Waals surface area contributed by atoms with Gasteiger partial charge in [-0.1, -0.05) is 71.9 Å². The molecule has 0 amide bonds. The van der Waals surface area contributed by atoms with E-state index < -0.39 is 5.97 Å². The van der Waals surface area contributed by atoms with E-state index in [-0.39, 0.29) is 41.8 Å². The van der Waals surface area contributed by atoms with Crippen LogP contribution in [0.2, 0.25) is 0 Å². The van der Waals surface area contributed by atoms with Crippen LogP contribution in [0.3, 0.4) is 0 Å². The molecular weight excluding hydrogens is 391 g/mol. The summed E-state index contributed by atoms with van der Waals surface area (Å²) in [6.07, 6.45) is 5.66. The maximum Gasteiger partial charge on any atom is 1.00 e. The van der Waals surface area contributed by atoms with Gasteiger partial charge in [-0.15, -0.1) is 0 Å². The molecule has 0 fully saturated rings. The molecule has 0 radical (unpaired) electrons. The van der Waals surface area contributed by atoms with Gasteiger partial charge in [0.25, 0.3) is 0 Å². The predicted molar refractivity (Wildman–Crippen MR) is 128 cm³/mol. The first-order chi connectivity index (χ1) is 13.9. The van der Waals surface area contributed by atoms with Gasteiger partial charge in [-0.3, -0.25) is 0 Å². The van der Waals surface area contributed by atoms with Gasteiger partial charge in [0.05, 0.1) is 5.56 Å². The molecule has 0 saturated heterocycles. The monoisotopic (exact) mass is 428 g/mol. The SMILES string of the molecule is CC(=Cc1ccc(C(=O)O)cc1)c1cc2c(cc1CC(C)C)C(C)(C)CCC2(C)C.[H-].[Na+]. The molecule has 1 aliphatic rings. The molecule has 2 aromatic rings. The van der Waals surface area contributed by atoms with Gasteiger partial charge < -0.3 is 6.53 Å². The van der Waals surface area contributed by atoms with Gasteiger partial charge in [-0.25, -0.2) is 4.79 Å². The van der Waals surface area contributed by atoms with Crippen molar-refractivity contribution in [3.05, 3.63) is 69.8 Å². The van der Waals surface area contributed by atoms with Crippen molar-refractivity contribution in [1.82, 2.24) is 0 Å². The van der Waals surface area contributed by atoms with Crippen molar-refractivity contribution in [2.45, 2.75) is 78.6 Å². The molecule has 1 N–H and O–H groups in total. The Bertz CT molecular complexity index is 985. The minimum absolute atomic E-state index is 0. The summed E-state index contributed by atoms with van der Waals surface area (Å²) in [4.78, 5) is 11.1. The standard InChI is InChI=1S/C28H36O2.Na.H/c1-18(2)14-22-16-24-25(28(6,7)13-12-27(24,4)5)17-23(22)19(3)15-20-8-10-21(11-9-20)26(29)30;;/h8-11,15-18H,12-14H2,1-7H3,(H,29,30);;/q;+1;-1. The first-order valence-electron chi connectivity index (χ1n) is 11.1. The number of allylic oxidation sites excluding steroid dienone is 1. The van der Waals surface area contributed by atoms with Crippen LogP contribution in [0.5, 0.6) is 0 Å². The number of rotatable bonds is 5. The van der Waals surface area contributed by atoms with E-state index in [1.165, 1.54) is 40.7 Å². The van der Waals surface area contributed by atoms with Crippen LogP contribution in [0.1, 0.15) is 101 Å². The van der Waals surface area contributed by atoms with Crippen molar-refractivity contribution in [3.8, 4) is 0 Å².